The lowest BCUT2D eigenvalue weighted by molar-refractivity contribution is -0.135. The molecule has 7 nitrogen and oxygen atoms in total. The first-order chi connectivity index (χ1) is 15.4. The fraction of sp³-hybridized carbons (Fsp3) is 0.375. The average molecular weight is 501 g/mol. The summed E-state index contributed by atoms with van der Waals surface area (Å²) in [5.74, 6) is -0.966. The summed E-state index contributed by atoms with van der Waals surface area (Å²) >= 11 is 3.47. The smallest absolute Gasteiger partial charge is 0.416 e. The number of carbonyl (C=O) groups excluding carboxylic acids is 2. The van der Waals surface area contributed by atoms with Gasteiger partial charge in [-0.3, -0.25) is 4.79 Å². The molecule has 3 atom stereocenters. The lowest BCUT2D eigenvalue weighted by Gasteiger charge is -2.28. The second kappa shape index (κ2) is 9.73. The molecule has 0 bridgehead atoms. The summed E-state index contributed by atoms with van der Waals surface area (Å²) < 4.78 is 6.17. The van der Waals surface area contributed by atoms with E-state index < -0.39 is 18.1 Å². The molecule has 0 spiro atoms. The number of cyclic esters (lactones) is 1. The van der Waals surface area contributed by atoms with Crippen LogP contribution in [0, 0.1) is 11.8 Å². The molecule has 2 heterocycles. The Balaban J connectivity index is 1.59. The maximum Gasteiger partial charge on any atom is 0.416 e. The van der Waals surface area contributed by atoms with Gasteiger partial charge in [-0.15, -0.1) is 0 Å². The highest BCUT2D eigenvalue weighted by Crippen LogP contribution is 2.32. The zero-order valence-corrected chi connectivity index (χ0v) is 19.1. The number of benzene rings is 2. The van der Waals surface area contributed by atoms with Crippen molar-refractivity contribution in [1.82, 2.24) is 9.80 Å². The molecule has 8 heteroatoms. The summed E-state index contributed by atoms with van der Waals surface area (Å²) in [6.07, 6.45) is -0.0679. The Morgan fingerprint density at radius 3 is 2.56 bits per heavy atom. The van der Waals surface area contributed by atoms with E-state index in [1.165, 1.54) is 9.80 Å². The third-order valence-corrected chi connectivity index (χ3v) is 6.73. The van der Waals surface area contributed by atoms with E-state index in [0.717, 1.165) is 15.6 Å². The van der Waals surface area contributed by atoms with E-state index in [1.54, 1.807) is 0 Å². The van der Waals surface area contributed by atoms with Crippen LogP contribution in [-0.2, 0) is 22.4 Å². The van der Waals surface area contributed by atoms with E-state index in [9.17, 15) is 19.5 Å². The van der Waals surface area contributed by atoms with Crippen molar-refractivity contribution >= 4 is 34.0 Å². The van der Waals surface area contributed by atoms with Gasteiger partial charge in [-0.25, -0.2) is 14.5 Å². The van der Waals surface area contributed by atoms with Crippen molar-refractivity contribution < 1.29 is 24.2 Å². The summed E-state index contributed by atoms with van der Waals surface area (Å²) in [7, 11) is 0. The van der Waals surface area contributed by atoms with Gasteiger partial charge in [0.25, 0.3) is 0 Å². The minimum absolute atomic E-state index is 0.162. The SMILES string of the molecule is O=C(O)N1CC[C@@H]([C@@H](Cc2cccc(Br)c2)C(=O)N2C(=O)OC[C@H]2Cc2ccccc2)C1. The molecule has 0 unspecified atom stereocenters. The molecule has 32 heavy (non-hydrogen) atoms. The standard InChI is InChI=1S/C24H25BrN2O5/c25-19-8-4-7-17(11-19)13-21(18-9-10-26(14-18)23(29)30)22(28)27-20(15-32-24(27)31)12-16-5-2-1-3-6-16/h1-8,11,18,20-21H,9-10,12-15H2,(H,29,30)/t18-,20-,21-/m1/s1. The van der Waals surface area contributed by atoms with Crippen molar-refractivity contribution in [3.05, 3.63) is 70.2 Å². The number of rotatable bonds is 6. The summed E-state index contributed by atoms with van der Waals surface area (Å²) in [6, 6.07) is 17.0. The van der Waals surface area contributed by atoms with Gasteiger partial charge in [-0.1, -0.05) is 58.4 Å². The minimum Gasteiger partial charge on any atom is -0.465 e. The Hall–Kier alpha value is -2.87. The molecule has 3 amide bonds. The molecule has 2 aliphatic rings. The van der Waals surface area contributed by atoms with Gasteiger partial charge in [0.15, 0.2) is 0 Å². The second-order valence-corrected chi connectivity index (χ2v) is 9.26. The molecule has 0 saturated carbocycles. The summed E-state index contributed by atoms with van der Waals surface area (Å²) in [5, 5.41) is 9.39. The number of ether oxygens (including phenoxy) is 1. The number of halogens is 1. The van der Waals surface area contributed by atoms with Gasteiger partial charge in [0.2, 0.25) is 5.91 Å². The highest BCUT2D eigenvalue weighted by molar-refractivity contribution is 9.10. The predicted molar refractivity (Wildman–Crippen MR) is 121 cm³/mol. The van der Waals surface area contributed by atoms with Crippen LogP contribution in [0.5, 0.6) is 0 Å². The Kier molecular flexibility index (Phi) is 6.79. The van der Waals surface area contributed by atoms with Crippen LogP contribution < -0.4 is 0 Å². The van der Waals surface area contributed by atoms with Crippen LogP contribution in [0.1, 0.15) is 17.5 Å². The van der Waals surface area contributed by atoms with Crippen LogP contribution in [0.4, 0.5) is 9.59 Å². The first-order valence-electron chi connectivity index (χ1n) is 10.7. The second-order valence-electron chi connectivity index (χ2n) is 8.35. The summed E-state index contributed by atoms with van der Waals surface area (Å²) in [6.45, 7) is 0.834. The zero-order chi connectivity index (χ0) is 22.7. The topological polar surface area (TPSA) is 87.2 Å². The van der Waals surface area contributed by atoms with Crippen molar-refractivity contribution in [1.29, 1.82) is 0 Å². The monoisotopic (exact) mass is 500 g/mol. The Morgan fingerprint density at radius 1 is 1.12 bits per heavy atom. The van der Waals surface area contributed by atoms with Gasteiger partial charge < -0.3 is 14.7 Å². The van der Waals surface area contributed by atoms with Crippen molar-refractivity contribution in [3.8, 4) is 0 Å². The lowest BCUT2D eigenvalue weighted by Crippen LogP contribution is -2.46. The Labute approximate surface area is 195 Å². The third-order valence-electron chi connectivity index (χ3n) is 6.24. The van der Waals surface area contributed by atoms with Crippen molar-refractivity contribution in [2.24, 2.45) is 11.8 Å². The molecule has 4 rings (SSSR count). The molecule has 2 saturated heterocycles. The number of nitrogens with zero attached hydrogens (tertiary/aromatic N) is 2. The number of amides is 3. The predicted octanol–water partition coefficient (Wildman–Crippen LogP) is 4.20. The first-order valence-corrected chi connectivity index (χ1v) is 11.5. The summed E-state index contributed by atoms with van der Waals surface area (Å²) in [5.41, 5.74) is 1.98. The first kappa shape index (κ1) is 22.3. The third kappa shape index (κ3) is 4.96. The van der Waals surface area contributed by atoms with Crippen LogP contribution >= 0.6 is 15.9 Å². The molecule has 168 valence electrons. The minimum atomic E-state index is -0.983. The van der Waals surface area contributed by atoms with E-state index >= 15 is 0 Å². The maximum atomic E-state index is 13.8. The molecular weight excluding hydrogens is 476 g/mol. The molecule has 0 aromatic heterocycles. The van der Waals surface area contributed by atoms with Crippen LogP contribution in [0.25, 0.3) is 0 Å². The van der Waals surface area contributed by atoms with Crippen LogP contribution in [-0.4, -0.2) is 58.7 Å². The van der Waals surface area contributed by atoms with Crippen molar-refractivity contribution in [2.45, 2.75) is 25.3 Å². The molecule has 2 aromatic carbocycles. The van der Waals surface area contributed by atoms with Crippen LogP contribution in [0.15, 0.2) is 59.1 Å². The lowest BCUT2D eigenvalue weighted by atomic mass is 9.84. The normalized spacial score (nSPS) is 21.5. The highest BCUT2D eigenvalue weighted by atomic mass is 79.9. The summed E-state index contributed by atoms with van der Waals surface area (Å²) in [4.78, 5) is 40.4. The largest absolute Gasteiger partial charge is 0.465 e. The molecule has 0 aliphatic carbocycles. The van der Waals surface area contributed by atoms with Gasteiger partial charge in [-0.05, 0) is 48.4 Å². The van der Waals surface area contributed by atoms with E-state index in [1.807, 2.05) is 54.6 Å². The molecule has 2 fully saturated rings. The van der Waals surface area contributed by atoms with Crippen molar-refractivity contribution in [2.75, 3.05) is 19.7 Å². The van der Waals surface area contributed by atoms with Gasteiger partial charge in [-0.2, -0.15) is 0 Å². The van der Waals surface area contributed by atoms with Crippen LogP contribution in [0.2, 0.25) is 0 Å². The van der Waals surface area contributed by atoms with E-state index in [4.69, 9.17) is 4.74 Å². The van der Waals surface area contributed by atoms with Gasteiger partial charge >= 0.3 is 12.2 Å². The molecule has 1 N–H and O–H groups in total. The number of hydrogen-bond donors (Lipinski definition) is 1. The Bertz CT molecular complexity index is 999. The quantitative estimate of drug-likeness (QED) is 0.642. The maximum absolute atomic E-state index is 13.8. The number of carbonyl (C=O) groups is 3. The number of imide groups is 1. The number of likely N-dealkylation sites (tertiary alicyclic amines) is 1. The molecule has 0 radical (unpaired) electrons. The number of hydrogen-bond acceptors (Lipinski definition) is 4. The fourth-order valence-electron chi connectivity index (χ4n) is 4.61. The van der Waals surface area contributed by atoms with E-state index in [-0.39, 0.29) is 31.0 Å². The fourth-order valence-corrected chi connectivity index (χ4v) is 5.06. The van der Waals surface area contributed by atoms with Gasteiger partial charge in [0.1, 0.15) is 6.61 Å². The average Bonchev–Trinajstić information content (AvgIpc) is 3.40. The molecule has 2 aromatic rings. The molecular formula is C24H25BrN2O5. The van der Waals surface area contributed by atoms with Gasteiger partial charge in [0.05, 0.1) is 6.04 Å². The van der Waals surface area contributed by atoms with Crippen molar-refractivity contribution in [3.63, 3.8) is 0 Å². The van der Waals surface area contributed by atoms with Gasteiger partial charge in [0, 0.05) is 23.5 Å². The highest BCUT2D eigenvalue weighted by Gasteiger charge is 2.44. The van der Waals surface area contributed by atoms with Crippen LogP contribution in [0.3, 0.4) is 0 Å². The zero-order valence-electron chi connectivity index (χ0n) is 17.5. The Morgan fingerprint density at radius 2 is 1.88 bits per heavy atom. The molecule has 2 aliphatic heterocycles. The van der Waals surface area contributed by atoms with E-state index in [2.05, 4.69) is 15.9 Å². The van der Waals surface area contributed by atoms with E-state index in [0.29, 0.717) is 25.8 Å². The number of carboxylic acid groups (broad SMARTS) is 1.